The van der Waals surface area contributed by atoms with Crippen molar-refractivity contribution in [2.45, 2.75) is 19.4 Å². The van der Waals surface area contributed by atoms with Crippen molar-refractivity contribution in [2.75, 3.05) is 13.1 Å². The number of aromatic nitrogens is 2. The number of nitrogens with zero attached hydrogens (tertiary/aromatic N) is 3. The third-order valence-corrected chi connectivity index (χ3v) is 4.63. The van der Waals surface area contributed by atoms with Crippen molar-refractivity contribution < 1.29 is 0 Å². The first-order chi connectivity index (χ1) is 11.3. The van der Waals surface area contributed by atoms with Gasteiger partial charge in [0.2, 0.25) is 0 Å². The van der Waals surface area contributed by atoms with Gasteiger partial charge in [-0.05, 0) is 29.7 Å². The summed E-state index contributed by atoms with van der Waals surface area (Å²) in [4.78, 5) is 11.5. The molecule has 2 aromatic heterocycles. The van der Waals surface area contributed by atoms with Crippen LogP contribution in [0.5, 0.6) is 0 Å². The maximum absolute atomic E-state index is 6.05. The van der Waals surface area contributed by atoms with Gasteiger partial charge in [-0.15, -0.1) is 0 Å². The molecule has 1 aromatic carbocycles. The molecule has 3 aromatic rings. The molecule has 0 bridgehead atoms. The Labute approximate surface area is 140 Å². The Balaban J connectivity index is 1.52. The van der Waals surface area contributed by atoms with E-state index in [4.69, 9.17) is 16.6 Å². The van der Waals surface area contributed by atoms with E-state index in [1.54, 1.807) is 6.20 Å². The van der Waals surface area contributed by atoms with Crippen molar-refractivity contribution in [1.29, 1.82) is 0 Å². The van der Waals surface area contributed by atoms with Gasteiger partial charge in [-0.25, -0.2) is 9.97 Å². The van der Waals surface area contributed by atoms with Crippen LogP contribution in [-0.2, 0) is 19.4 Å². The molecule has 0 spiro atoms. The summed E-state index contributed by atoms with van der Waals surface area (Å²) in [5.41, 5.74) is 4.68. The van der Waals surface area contributed by atoms with E-state index in [9.17, 15) is 0 Å². The largest absolute Gasteiger partial charge is 0.298 e. The lowest BCUT2D eigenvalue weighted by molar-refractivity contribution is 0.255. The highest BCUT2D eigenvalue weighted by Crippen LogP contribution is 2.23. The van der Waals surface area contributed by atoms with E-state index in [0.29, 0.717) is 5.02 Å². The fourth-order valence-corrected chi connectivity index (χ4v) is 3.34. The number of halogens is 1. The normalized spacial score (nSPS) is 14.8. The molecule has 4 rings (SSSR count). The quantitative estimate of drug-likeness (QED) is 0.732. The zero-order valence-electron chi connectivity index (χ0n) is 12.9. The molecule has 0 unspecified atom stereocenters. The van der Waals surface area contributed by atoms with Crippen LogP contribution < -0.4 is 0 Å². The lowest BCUT2D eigenvalue weighted by atomic mass is 10.0. The van der Waals surface area contributed by atoms with Gasteiger partial charge in [0.05, 0.1) is 5.02 Å². The first-order valence-electron chi connectivity index (χ1n) is 7.98. The van der Waals surface area contributed by atoms with Gasteiger partial charge in [0.15, 0.2) is 5.65 Å². The molecule has 23 heavy (non-hydrogen) atoms. The molecular weight excluding hydrogens is 306 g/mol. The fourth-order valence-electron chi connectivity index (χ4n) is 3.18. The van der Waals surface area contributed by atoms with Gasteiger partial charge in [-0.3, -0.25) is 4.90 Å². The maximum atomic E-state index is 6.05. The molecule has 116 valence electrons. The molecule has 0 saturated heterocycles. The molecule has 1 aliphatic heterocycles. The summed E-state index contributed by atoms with van der Waals surface area (Å²) in [6.45, 7) is 3.10. The summed E-state index contributed by atoms with van der Waals surface area (Å²) in [5.74, 6) is 0. The summed E-state index contributed by atoms with van der Waals surface area (Å²) in [7, 11) is 0. The van der Waals surface area contributed by atoms with Gasteiger partial charge in [-0.2, -0.15) is 0 Å². The molecule has 1 aliphatic rings. The minimum Gasteiger partial charge on any atom is -0.298 e. The number of hydrogen-bond acceptors (Lipinski definition) is 3. The molecule has 0 amide bonds. The lowest BCUT2D eigenvalue weighted by Gasteiger charge is -2.28. The van der Waals surface area contributed by atoms with Gasteiger partial charge in [-0.1, -0.05) is 41.9 Å². The van der Waals surface area contributed by atoms with E-state index < -0.39 is 0 Å². The van der Waals surface area contributed by atoms with E-state index >= 15 is 0 Å². The topological polar surface area (TPSA) is 29.0 Å². The number of benzene rings is 1. The highest BCUT2D eigenvalue weighted by molar-refractivity contribution is 6.31. The van der Waals surface area contributed by atoms with E-state index in [2.05, 4.69) is 46.3 Å². The van der Waals surface area contributed by atoms with Crippen LogP contribution in [0, 0.1) is 0 Å². The monoisotopic (exact) mass is 323 g/mol. The second-order valence-corrected chi connectivity index (χ2v) is 6.49. The van der Waals surface area contributed by atoms with Crippen molar-refractivity contribution in [3.63, 3.8) is 0 Å². The van der Waals surface area contributed by atoms with Crippen LogP contribution in [0.1, 0.15) is 16.8 Å². The average Bonchev–Trinajstić information content (AvgIpc) is 2.59. The van der Waals surface area contributed by atoms with E-state index in [0.717, 1.165) is 43.5 Å². The van der Waals surface area contributed by atoms with Gasteiger partial charge < -0.3 is 0 Å². The summed E-state index contributed by atoms with van der Waals surface area (Å²) < 4.78 is 0. The molecule has 0 saturated carbocycles. The first kappa shape index (κ1) is 14.6. The van der Waals surface area contributed by atoms with E-state index in [1.165, 1.54) is 16.8 Å². The zero-order valence-corrected chi connectivity index (χ0v) is 13.6. The molecule has 0 aliphatic carbocycles. The smallest absolute Gasteiger partial charge is 0.159 e. The van der Waals surface area contributed by atoms with Gasteiger partial charge in [0, 0.05) is 43.3 Å². The van der Waals surface area contributed by atoms with Crippen LogP contribution in [0.2, 0.25) is 5.02 Å². The Morgan fingerprint density at radius 2 is 2.00 bits per heavy atom. The molecule has 0 radical (unpaired) electrons. The Kier molecular flexibility index (Phi) is 3.98. The number of hydrogen-bond donors (Lipinski definition) is 0. The van der Waals surface area contributed by atoms with Gasteiger partial charge >= 0.3 is 0 Å². The average molecular weight is 324 g/mol. The summed E-state index contributed by atoms with van der Waals surface area (Å²) in [6, 6.07) is 14.8. The molecule has 0 atom stereocenters. The summed E-state index contributed by atoms with van der Waals surface area (Å²) in [6.07, 6.45) is 3.74. The number of pyridine rings is 2. The van der Waals surface area contributed by atoms with Crippen molar-refractivity contribution in [1.82, 2.24) is 14.9 Å². The molecule has 4 heteroatoms. The van der Waals surface area contributed by atoms with Crippen LogP contribution in [0.3, 0.4) is 0 Å². The van der Waals surface area contributed by atoms with Crippen LogP contribution in [0.15, 0.2) is 48.7 Å². The Morgan fingerprint density at radius 3 is 2.87 bits per heavy atom. The van der Waals surface area contributed by atoms with Crippen LogP contribution >= 0.6 is 11.6 Å². The van der Waals surface area contributed by atoms with Gasteiger partial charge in [0.25, 0.3) is 0 Å². The standard InChI is InChI=1S/C19H18ClN3/c20-17-11-15-10-16-13-23(8-6-14-4-2-1-3-5-14)9-7-18(16)22-19(15)21-12-17/h1-5,10-12H,6-9,13H2. The third-order valence-electron chi connectivity index (χ3n) is 4.42. The van der Waals surface area contributed by atoms with Crippen molar-refractivity contribution in [2.24, 2.45) is 0 Å². The summed E-state index contributed by atoms with van der Waals surface area (Å²) in [5, 5.41) is 1.69. The van der Waals surface area contributed by atoms with E-state index in [-0.39, 0.29) is 0 Å². The van der Waals surface area contributed by atoms with Crippen LogP contribution in [0.4, 0.5) is 0 Å². The third kappa shape index (κ3) is 3.21. The lowest BCUT2D eigenvalue weighted by Crippen LogP contribution is -2.32. The molecule has 0 fully saturated rings. The Bertz CT molecular complexity index is 833. The molecule has 0 N–H and O–H groups in total. The number of fused-ring (bicyclic) bond motifs is 2. The predicted octanol–water partition coefficient (Wildman–Crippen LogP) is 3.88. The first-order valence-corrected chi connectivity index (χ1v) is 8.36. The van der Waals surface area contributed by atoms with Crippen LogP contribution in [-0.4, -0.2) is 28.0 Å². The second kappa shape index (κ2) is 6.26. The minimum absolute atomic E-state index is 0.663. The minimum atomic E-state index is 0.663. The molecule has 3 heterocycles. The number of rotatable bonds is 3. The zero-order chi connectivity index (χ0) is 15.6. The predicted molar refractivity (Wildman–Crippen MR) is 93.7 cm³/mol. The highest BCUT2D eigenvalue weighted by atomic mass is 35.5. The van der Waals surface area contributed by atoms with Crippen LogP contribution in [0.25, 0.3) is 11.0 Å². The maximum Gasteiger partial charge on any atom is 0.159 e. The second-order valence-electron chi connectivity index (χ2n) is 6.06. The molecular formula is C19H18ClN3. The molecule has 3 nitrogen and oxygen atoms in total. The highest BCUT2D eigenvalue weighted by Gasteiger charge is 2.18. The van der Waals surface area contributed by atoms with E-state index in [1.807, 2.05) is 6.07 Å². The fraction of sp³-hybridized carbons (Fsp3) is 0.263. The summed E-state index contributed by atoms with van der Waals surface area (Å²) >= 11 is 6.05. The van der Waals surface area contributed by atoms with Crippen molar-refractivity contribution in [3.8, 4) is 0 Å². The van der Waals surface area contributed by atoms with Crippen molar-refractivity contribution >= 4 is 22.6 Å². The van der Waals surface area contributed by atoms with Crippen molar-refractivity contribution in [3.05, 3.63) is 70.5 Å². The van der Waals surface area contributed by atoms with Gasteiger partial charge in [0.1, 0.15) is 0 Å². The Hall–Kier alpha value is -1.97. The SMILES string of the molecule is Clc1cnc2nc3c(cc2c1)CN(CCc1ccccc1)CC3. The Morgan fingerprint density at radius 1 is 1.13 bits per heavy atom.